The van der Waals surface area contributed by atoms with Crippen molar-refractivity contribution >= 4 is 33.9 Å². The molecule has 0 radical (unpaired) electrons. The van der Waals surface area contributed by atoms with Crippen LogP contribution in [-0.4, -0.2) is 6.54 Å². The minimum atomic E-state index is 0.467. The summed E-state index contributed by atoms with van der Waals surface area (Å²) in [5.74, 6) is 0. The largest absolute Gasteiger partial charge is 0.310 e. The van der Waals surface area contributed by atoms with Gasteiger partial charge >= 0.3 is 0 Å². The SMILES string of the molecule is CCCNC(CCc1ccsc1)c1cccc(I)c1. The Labute approximate surface area is 133 Å². The van der Waals surface area contributed by atoms with Gasteiger partial charge in [0.1, 0.15) is 0 Å². The number of benzene rings is 1. The fraction of sp³-hybridized carbons (Fsp3) is 0.375. The van der Waals surface area contributed by atoms with E-state index in [1.165, 1.54) is 21.1 Å². The number of thiophene rings is 1. The first-order chi connectivity index (χ1) is 9.29. The van der Waals surface area contributed by atoms with Crippen LogP contribution >= 0.6 is 33.9 Å². The normalized spacial score (nSPS) is 12.5. The lowest BCUT2D eigenvalue weighted by Crippen LogP contribution is -2.22. The van der Waals surface area contributed by atoms with Gasteiger partial charge in [-0.1, -0.05) is 19.1 Å². The Morgan fingerprint density at radius 1 is 1.32 bits per heavy atom. The van der Waals surface area contributed by atoms with Crippen LogP contribution in [0.1, 0.15) is 36.9 Å². The average molecular weight is 385 g/mol. The second-order valence-electron chi connectivity index (χ2n) is 4.73. The highest BCUT2D eigenvalue weighted by Crippen LogP contribution is 2.22. The number of halogens is 1. The second kappa shape index (κ2) is 8.02. The van der Waals surface area contributed by atoms with Crippen LogP contribution in [0.25, 0.3) is 0 Å². The molecule has 0 saturated carbocycles. The number of hydrogen-bond donors (Lipinski definition) is 1. The van der Waals surface area contributed by atoms with Crippen molar-refractivity contribution < 1.29 is 0 Å². The third kappa shape index (κ3) is 4.89. The maximum absolute atomic E-state index is 3.68. The summed E-state index contributed by atoms with van der Waals surface area (Å²) >= 11 is 4.18. The van der Waals surface area contributed by atoms with Gasteiger partial charge in [-0.15, -0.1) is 0 Å². The molecule has 19 heavy (non-hydrogen) atoms. The molecule has 0 aliphatic heterocycles. The Kier molecular flexibility index (Phi) is 6.34. The fourth-order valence-electron chi connectivity index (χ4n) is 2.17. The summed E-state index contributed by atoms with van der Waals surface area (Å²) in [6.07, 6.45) is 3.49. The predicted octanol–water partition coefficient (Wildman–Crippen LogP) is 5.03. The summed E-state index contributed by atoms with van der Waals surface area (Å²) in [4.78, 5) is 0. The van der Waals surface area contributed by atoms with E-state index in [0.717, 1.165) is 19.4 Å². The van der Waals surface area contributed by atoms with E-state index in [-0.39, 0.29) is 0 Å². The topological polar surface area (TPSA) is 12.0 Å². The third-order valence-corrected chi connectivity index (χ3v) is 4.60. The molecule has 2 aromatic rings. The number of hydrogen-bond acceptors (Lipinski definition) is 2. The summed E-state index contributed by atoms with van der Waals surface area (Å²) < 4.78 is 1.31. The van der Waals surface area contributed by atoms with E-state index in [4.69, 9.17) is 0 Å². The van der Waals surface area contributed by atoms with Gasteiger partial charge < -0.3 is 5.32 Å². The molecule has 0 amide bonds. The van der Waals surface area contributed by atoms with Gasteiger partial charge in [-0.05, 0) is 88.5 Å². The van der Waals surface area contributed by atoms with Crippen molar-refractivity contribution in [3.8, 4) is 0 Å². The van der Waals surface area contributed by atoms with Gasteiger partial charge in [-0.3, -0.25) is 0 Å². The van der Waals surface area contributed by atoms with Crippen molar-refractivity contribution in [1.29, 1.82) is 0 Å². The van der Waals surface area contributed by atoms with E-state index < -0.39 is 0 Å². The Morgan fingerprint density at radius 3 is 2.89 bits per heavy atom. The van der Waals surface area contributed by atoms with Crippen molar-refractivity contribution in [2.24, 2.45) is 0 Å². The van der Waals surface area contributed by atoms with E-state index in [1.54, 1.807) is 11.3 Å². The molecule has 1 atom stereocenters. The number of nitrogens with one attached hydrogen (secondary N) is 1. The highest BCUT2D eigenvalue weighted by atomic mass is 127. The van der Waals surface area contributed by atoms with Crippen LogP contribution < -0.4 is 5.32 Å². The molecule has 1 aromatic heterocycles. The summed E-state index contributed by atoms with van der Waals surface area (Å²) in [6.45, 7) is 3.30. The molecule has 0 saturated heterocycles. The molecule has 1 N–H and O–H groups in total. The molecule has 0 spiro atoms. The van der Waals surface area contributed by atoms with Crippen LogP contribution in [0.3, 0.4) is 0 Å². The van der Waals surface area contributed by atoms with Gasteiger partial charge in [0.25, 0.3) is 0 Å². The Balaban J connectivity index is 2.02. The quantitative estimate of drug-likeness (QED) is 0.660. The lowest BCUT2D eigenvalue weighted by atomic mass is 10.00. The standard InChI is InChI=1S/C16H20INS/c1-2-9-18-16(7-6-13-8-10-19-12-13)14-4-3-5-15(17)11-14/h3-5,8,10-12,16,18H,2,6-7,9H2,1H3. The minimum absolute atomic E-state index is 0.467. The molecule has 0 aliphatic carbocycles. The molecule has 0 fully saturated rings. The third-order valence-electron chi connectivity index (χ3n) is 3.19. The Morgan fingerprint density at radius 2 is 2.21 bits per heavy atom. The molecule has 2 rings (SSSR count). The predicted molar refractivity (Wildman–Crippen MR) is 92.8 cm³/mol. The van der Waals surface area contributed by atoms with Gasteiger partial charge in [-0.25, -0.2) is 0 Å². The molecule has 1 nitrogen and oxygen atoms in total. The van der Waals surface area contributed by atoms with Gasteiger partial charge in [0, 0.05) is 9.61 Å². The summed E-state index contributed by atoms with van der Waals surface area (Å²) in [5, 5.41) is 8.09. The van der Waals surface area contributed by atoms with Gasteiger partial charge in [-0.2, -0.15) is 11.3 Å². The Bertz CT molecular complexity index is 481. The highest BCUT2D eigenvalue weighted by molar-refractivity contribution is 14.1. The van der Waals surface area contributed by atoms with Gasteiger partial charge in [0.15, 0.2) is 0 Å². The van der Waals surface area contributed by atoms with E-state index in [1.807, 2.05) is 0 Å². The van der Waals surface area contributed by atoms with E-state index in [2.05, 4.69) is 75.9 Å². The summed E-state index contributed by atoms with van der Waals surface area (Å²) in [6, 6.07) is 11.5. The minimum Gasteiger partial charge on any atom is -0.310 e. The molecule has 0 aliphatic rings. The molecular formula is C16H20INS. The molecule has 1 heterocycles. The van der Waals surface area contributed by atoms with Crippen molar-refractivity contribution in [3.05, 3.63) is 55.8 Å². The zero-order valence-electron chi connectivity index (χ0n) is 11.2. The number of aryl methyl sites for hydroxylation is 1. The average Bonchev–Trinajstić information content (AvgIpc) is 2.92. The van der Waals surface area contributed by atoms with Crippen LogP contribution in [0.2, 0.25) is 0 Å². The maximum Gasteiger partial charge on any atom is 0.0323 e. The van der Waals surface area contributed by atoms with E-state index in [0.29, 0.717) is 6.04 Å². The van der Waals surface area contributed by atoms with Gasteiger partial charge in [0.2, 0.25) is 0 Å². The first-order valence-corrected chi connectivity index (χ1v) is 8.81. The molecule has 1 aromatic carbocycles. The van der Waals surface area contributed by atoms with Crippen LogP contribution in [0.15, 0.2) is 41.1 Å². The second-order valence-corrected chi connectivity index (χ2v) is 6.76. The highest BCUT2D eigenvalue weighted by Gasteiger charge is 2.11. The summed E-state index contributed by atoms with van der Waals surface area (Å²) in [5.41, 5.74) is 2.87. The molecule has 102 valence electrons. The fourth-order valence-corrected chi connectivity index (χ4v) is 3.44. The first-order valence-electron chi connectivity index (χ1n) is 6.79. The van der Waals surface area contributed by atoms with Crippen LogP contribution in [0.5, 0.6) is 0 Å². The molecule has 3 heteroatoms. The van der Waals surface area contributed by atoms with Crippen molar-refractivity contribution in [2.45, 2.75) is 32.2 Å². The maximum atomic E-state index is 3.68. The number of rotatable bonds is 7. The van der Waals surface area contributed by atoms with E-state index in [9.17, 15) is 0 Å². The zero-order chi connectivity index (χ0) is 13.5. The van der Waals surface area contributed by atoms with Crippen molar-refractivity contribution in [2.75, 3.05) is 6.54 Å². The molecule has 0 bridgehead atoms. The van der Waals surface area contributed by atoms with Crippen LogP contribution in [0.4, 0.5) is 0 Å². The first kappa shape index (κ1) is 15.0. The molecular weight excluding hydrogens is 365 g/mol. The molecule has 1 unspecified atom stereocenters. The van der Waals surface area contributed by atoms with E-state index >= 15 is 0 Å². The van der Waals surface area contributed by atoms with Crippen molar-refractivity contribution in [3.63, 3.8) is 0 Å². The van der Waals surface area contributed by atoms with Gasteiger partial charge in [0.05, 0.1) is 0 Å². The van der Waals surface area contributed by atoms with Crippen molar-refractivity contribution in [1.82, 2.24) is 5.32 Å². The monoisotopic (exact) mass is 385 g/mol. The smallest absolute Gasteiger partial charge is 0.0323 e. The van der Waals surface area contributed by atoms with Crippen LogP contribution in [-0.2, 0) is 6.42 Å². The van der Waals surface area contributed by atoms with Crippen LogP contribution in [0, 0.1) is 3.57 Å². The summed E-state index contributed by atoms with van der Waals surface area (Å²) in [7, 11) is 0. The lowest BCUT2D eigenvalue weighted by molar-refractivity contribution is 0.499. The Hall–Kier alpha value is -0.390. The lowest BCUT2D eigenvalue weighted by Gasteiger charge is -2.19. The zero-order valence-corrected chi connectivity index (χ0v) is 14.2.